The van der Waals surface area contributed by atoms with E-state index in [1.165, 1.54) is 28.1 Å². The first kappa shape index (κ1) is 13.3. The van der Waals surface area contributed by atoms with E-state index in [0.717, 1.165) is 6.42 Å². The van der Waals surface area contributed by atoms with Gasteiger partial charge in [0.05, 0.1) is 5.69 Å². The molecule has 0 spiro atoms. The number of hydrogen-bond donors (Lipinski definition) is 0. The van der Waals surface area contributed by atoms with Crippen molar-refractivity contribution < 1.29 is 0 Å². The Hall–Kier alpha value is -1.11. The molecular weight excluding hydrogens is 218 g/mol. The Morgan fingerprint density at radius 3 is 2.06 bits per heavy atom. The van der Waals surface area contributed by atoms with Crippen molar-refractivity contribution in [1.29, 1.82) is 0 Å². The monoisotopic (exact) mass is 243 g/mol. The van der Waals surface area contributed by atoms with Crippen LogP contribution in [0.3, 0.4) is 0 Å². The molecule has 1 nitrogen and oxygen atoms in total. The van der Waals surface area contributed by atoms with E-state index in [-0.39, 0.29) is 10.8 Å². The van der Waals surface area contributed by atoms with Gasteiger partial charge in [-0.1, -0.05) is 47.6 Å². The van der Waals surface area contributed by atoms with Crippen LogP contribution >= 0.6 is 0 Å². The lowest BCUT2D eigenvalue weighted by molar-refractivity contribution is 0.584. The Kier molecular flexibility index (Phi) is 2.92. The molecule has 1 heterocycles. The minimum absolute atomic E-state index is 0.175. The summed E-state index contributed by atoms with van der Waals surface area (Å²) in [5, 5.41) is 0. The van der Waals surface area contributed by atoms with E-state index in [9.17, 15) is 0 Å². The van der Waals surface area contributed by atoms with Crippen molar-refractivity contribution >= 4 is 11.4 Å². The first-order valence-corrected chi connectivity index (χ1v) is 6.81. The van der Waals surface area contributed by atoms with Crippen molar-refractivity contribution in [2.75, 3.05) is 0 Å². The molecule has 0 aliphatic carbocycles. The van der Waals surface area contributed by atoms with Gasteiger partial charge in [0.2, 0.25) is 0 Å². The summed E-state index contributed by atoms with van der Waals surface area (Å²) in [6.07, 6.45) is 1.02. The molecule has 0 amide bonds. The Morgan fingerprint density at radius 1 is 0.944 bits per heavy atom. The molecule has 0 aromatic heterocycles. The first-order valence-electron chi connectivity index (χ1n) is 6.81. The van der Waals surface area contributed by atoms with Crippen molar-refractivity contribution in [2.24, 2.45) is 10.4 Å². The predicted molar refractivity (Wildman–Crippen MR) is 80.1 cm³/mol. The van der Waals surface area contributed by atoms with E-state index >= 15 is 0 Å². The van der Waals surface area contributed by atoms with Crippen LogP contribution in [0.4, 0.5) is 5.69 Å². The van der Waals surface area contributed by atoms with Gasteiger partial charge in [-0.05, 0) is 35.1 Å². The maximum atomic E-state index is 4.85. The van der Waals surface area contributed by atoms with Crippen LogP contribution in [0.15, 0.2) is 17.1 Å². The number of nitrogens with zero attached hydrogens (tertiary/aromatic N) is 1. The highest BCUT2D eigenvalue weighted by Crippen LogP contribution is 2.37. The third-order valence-corrected chi connectivity index (χ3v) is 3.71. The highest BCUT2D eigenvalue weighted by Gasteiger charge is 2.27. The lowest BCUT2D eigenvalue weighted by Gasteiger charge is -2.22. The second-order valence-corrected chi connectivity index (χ2v) is 7.53. The van der Waals surface area contributed by atoms with Crippen molar-refractivity contribution in [2.45, 2.75) is 60.3 Å². The second-order valence-electron chi connectivity index (χ2n) is 7.53. The average Bonchev–Trinajstić information content (AvgIpc) is 2.56. The number of fused-ring (bicyclic) bond motifs is 1. The molecule has 1 aliphatic rings. The molecule has 1 heteroatoms. The van der Waals surface area contributed by atoms with Crippen molar-refractivity contribution in [3.8, 4) is 0 Å². The van der Waals surface area contributed by atoms with Gasteiger partial charge in [0.25, 0.3) is 0 Å². The van der Waals surface area contributed by atoms with Gasteiger partial charge in [0, 0.05) is 17.5 Å². The van der Waals surface area contributed by atoms with E-state index < -0.39 is 0 Å². The quantitative estimate of drug-likeness (QED) is 0.610. The summed E-state index contributed by atoms with van der Waals surface area (Å²) in [6.45, 7) is 15.8. The fourth-order valence-electron chi connectivity index (χ4n) is 2.61. The third-order valence-electron chi connectivity index (χ3n) is 3.71. The zero-order valence-corrected chi connectivity index (χ0v) is 12.8. The summed E-state index contributed by atoms with van der Waals surface area (Å²) in [4.78, 5) is 4.85. The maximum Gasteiger partial charge on any atom is 0.0668 e. The predicted octanol–water partition coefficient (Wildman–Crippen LogP) is 4.97. The second kappa shape index (κ2) is 3.94. The number of aryl methyl sites for hydroxylation is 1. The fraction of sp³-hybridized carbons (Fsp3) is 0.588. The van der Waals surface area contributed by atoms with Crippen molar-refractivity contribution in [3.63, 3.8) is 0 Å². The minimum Gasteiger partial charge on any atom is -0.257 e. The molecule has 0 saturated heterocycles. The molecular formula is C17H25N. The zero-order valence-electron chi connectivity index (χ0n) is 12.8. The van der Waals surface area contributed by atoms with Crippen molar-refractivity contribution in [1.82, 2.24) is 0 Å². The molecule has 0 fully saturated rings. The molecule has 0 saturated carbocycles. The largest absolute Gasteiger partial charge is 0.257 e. The fourth-order valence-corrected chi connectivity index (χ4v) is 2.61. The molecule has 0 atom stereocenters. The lowest BCUT2D eigenvalue weighted by atomic mass is 9.82. The summed E-state index contributed by atoms with van der Waals surface area (Å²) in [7, 11) is 0. The summed E-state index contributed by atoms with van der Waals surface area (Å²) < 4.78 is 0. The van der Waals surface area contributed by atoms with Crippen LogP contribution in [0, 0.1) is 12.3 Å². The molecule has 0 N–H and O–H groups in total. The normalized spacial score (nSPS) is 15.6. The molecule has 1 aromatic rings. The number of hydrogen-bond acceptors (Lipinski definition) is 1. The van der Waals surface area contributed by atoms with Gasteiger partial charge in [-0.2, -0.15) is 0 Å². The van der Waals surface area contributed by atoms with Gasteiger partial charge in [0.15, 0.2) is 0 Å². The van der Waals surface area contributed by atoms with Gasteiger partial charge < -0.3 is 0 Å². The summed E-state index contributed by atoms with van der Waals surface area (Å²) in [5.74, 6) is 0. The van der Waals surface area contributed by atoms with Gasteiger partial charge in [0.1, 0.15) is 0 Å². The molecule has 98 valence electrons. The molecule has 0 radical (unpaired) electrons. The number of rotatable bonds is 0. The molecule has 2 rings (SSSR count). The molecule has 0 bridgehead atoms. The van der Waals surface area contributed by atoms with Crippen LogP contribution in [0.25, 0.3) is 0 Å². The van der Waals surface area contributed by atoms with Crippen LogP contribution in [0.2, 0.25) is 0 Å². The Morgan fingerprint density at radius 2 is 1.56 bits per heavy atom. The topological polar surface area (TPSA) is 12.4 Å². The van der Waals surface area contributed by atoms with Crippen LogP contribution in [-0.2, 0) is 11.8 Å². The van der Waals surface area contributed by atoms with Crippen LogP contribution in [0.1, 0.15) is 58.2 Å². The molecule has 0 unspecified atom stereocenters. The van der Waals surface area contributed by atoms with E-state index in [4.69, 9.17) is 4.99 Å². The summed E-state index contributed by atoms with van der Waals surface area (Å²) >= 11 is 0. The van der Waals surface area contributed by atoms with Gasteiger partial charge in [-0.15, -0.1) is 0 Å². The Labute approximate surface area is 111 Å². The summed E-state index contributed by atoms with van der Waals surface area (Å²) in [5.41, 5.74) is 7.07. The highest BCUT2D eigenvalue weighted by molar-refractivity contribution is 5.97. The highest BCUT2D eigenvalue weighted by atomic mass is 14.8. The van der Waals surface area contributed by atoms with Gasteiger partial charge in [-0.25, -0.2) is 0 Å². The molecule has 1 aliphatic heterocycles. The van der Waals surface area contributed by atoms with Crippen molar-refractivity contribution in [3.05, 3.63) is 28.8 Å². The average molecular weight is 243 g/mol. The third kappa shape index (κ3) is 2.36. The maximum absolute atomic E-state index is 4.85. The van der Waals surface area contributed by atoms with Crippen LogP contribution < -0.4 is 0 Å². The minimum atomic E-state index is 0.175. The van der Waals surface area contributed by atoms with E-state index in [1.54, 1.807) is 0 Å². The molecule has 1 aromatic carbocycles. The lowest BCUT2D eigenvalue weighted by Crippen LogP contribution is -2.19. The zero-order chi connectivity index (χ0) is 13.7. The Bertz CT molecular complexity index is 508. The Balaban J connectivity index is 2.49. The van der Waals surface area contributed by atoms with Gasteiger partial charge in [-0.3, -0.25) is 4.99 Å². The standard InChI is InChI=1S/C17H25N/c1-11-8-12-9-15(17(5,6)7)18-14(12)10-13(11)16(2,3)4/h8,10H,9H2,1-7H3. The van der Waals surface area contributed by atoms with Crippen LogP contribution in [0.5, 0.6) is 0 Å². The van der Waals surface area contributed by atoms with E-state index in [0.29, 0.717) is 0 Å². The van der Waals surface area contributed by atoms with Crippen LogP contribution in [-0.4, -0.2) is 5.71 Å². The molecule has 18 heavy (non-hydrogen) atoms. The first-order chi connectivity index (χ1) is 8.09. The smallest absolute Gasteiger partial charge is 0.0668 e. The summed E-state index contributed by atoms with van der Waals surface area (Å²) in [6, 6.07) is 4.63. The van der Waals surface area contributed by atoms with Gasteiger partial charge >= 0.3 is 0 Å². The number of benzene rings is 1. The number of aliphatic imine (C=N–C) groups is 1. The van der Waals surface area contributed by atoms with E-state index in [1.807, 2.05) is 0 Å². The van der Waals surface area contributed by atoms with E-state index in [2.05, 4.69) is 60.6 Å². The SMILES string of the molecule is Cc1cc2c(cc1C(C)(C)C)N=C(C(C)(C)C)C2.